The van der Waals surface area contributed by atoms with E-state index < -0.39 is 6.10 Å². The molecule has 0 unspecified atom stereocenters. The minimum absolute atomic E-state index is 0.134. The first-order valence-electron chi connectivity index (χ1n) is 11.0. The van der Waals surface area contributed by atoms with Crippen LogP contribution in [0.25, 0.3) is 0 Å². The Bertz CT molecular complexity index is 996. The number of hydrogen-bond donors (Lipinski definition) is 1. The number of aryl methyl sites for hydroxylation is 1. The molecular formula is C26H30N2O3. The number of fused-ring (bicyclic) bond motifs is 1. The lowest BCUT2D eigenvalue weighted by Crippen LogP contribution is -2.41. The average molecular weight is 419 g/mol. The average Bonchev–Trinajstić information content (AvgIpc) is 3.61. The third-order valence-electron chi connectivity index (χ3n) is 6.02. The Balaban J connectivity index is 1.66. The molecule has 5 heteroatoms. The lowest BCUT2D eigenvalue weighted by Gasteiger charge is -2.38. The van der Waals surface area contributed by atoms with Crippen molar-refractivity contribution in [3.8, 4) is 5.75 Å². The molecule has 0 saturated heterocycles. The molecule has 2 atom stereocenters. The van der Waals surface area contributed by atoms with E-state index in [4.69, 9.17) is 4.74 Å². The van der Waals surface area contributed by atoms with E-state index >= 15 is 0 Å². The summed E-state index contributed by atoms with van der Waals surface area (Å²) in [5, 5.41) is 2.76. The van der Waals surface area contributed by atoms with Crippen LogP contribution in [0.3, 0.4) is 0 Å². The molecule has 0 radical (unpaired) electrons. The monoisotopic (exact) mass is 418 g/mol. The number of hydrogen-bond acceptors (Lipinski definition) is 3. The normalized spacial score (nSPS) is 18.6. The molecule has 2 aromatic carbocycles. The van der Waals surface area contributed by atoms with Gasteiger partial charge in [0.1, 0.15) is 5.75 Å². The summed E-state index contributed by atoms with van der Waals surface area (Å²) < 4.78 is 5.95. The van der Waals surface area contributed by atoms with Crippen molar-refractivity contribution in [3.63, 3.8) is 0 Å². The first-order chi connectivity index (χ1) is 15.0. The van der Waals surface area contributed by atoms with Crippen molar-refractivity contribution in [2.45, 2.75) is 45.3 Å². The van der Waals surface area contributed by atoms with Gasteiger partial charge in [-0.15, -0.1) is 6.58 Å². The Labute approximate surface area is 184 Å². The zero-order valence-corrected chi connectivity index (χ0v) is 18.3. The maximum Gasteiger partial charge on any atom is 0.261 e. The van der Waals surface area contributed by atoms with Crippen LogP contribution in [0.2, 0.25) is 0 Å². The Hall–Kier alpha value is -3.08. The van der Waals surface area contributed by atoms with Gasteiger partial charge in [-0.3, -0.25) is 9.59 Å². The zero-order valence-electron chi connectivity index (χ0n) is 18.3. The topological polar surface area (TPSA) is 58.6 Å². The molecule has 2 aliphatic rings. The Morgan fingerprint density at radius 2 is 2.06 bits per heavy atom. The molecule has 31 heavy (non-hydrogen) atoms. The minimum Gasteiger partial charge on any atom is -0.481 e. The van der Waals surface area contributed by atoms with E-state index in [1.807, 2.05) is 23.1 Å². The lowest BCUT2D eigenvalue weighted by atomic mass is 9.87. The first kappa shape index (κ1) is 21.2. The van der Waals surface area contributed by atoms with Crippen LogP contribution < -0.4 is 10.1 Å². The maximum absolute atomic E-state index is 13.1. The van der Waals surface area contributed by atoms with Crippen LogP contribution in [-0.2, 0) is 16.0 Å². The van der Waals surface area contributed by atoms with Gasteiger partial charge in [-0.1, -0.05) is 42.0 Å². The maximum atomic E-state index is 13.1. The molecule has 1 aliphatic heterocycles. The van der Waals surface area contributed by atoms with Gasteiger partial charge in [0.15, 0.2) is 6.10 Å². The quantitative estimate of drug-likeness (QED) is 0.693. The van der Waals surface area contributed by atoms with Crippen molar-refractivity contribution in [2.75, 3.05) is 13.1 Å². The number of nitrogens with one attached hydrogen (secondary N) is 1. The molecule has 2 aromatic rings. The largest absolute Gasteiger partial charge is 0.481 e. The smallest absolute Gasteiger partial charge is 0.261 e. The molecule has 2 amide bonds. The predicted octanol–water partition coefficient (Wildman–Crippen LogP) is 3.95. The fourth-order valence-corrected chi connectivity index (χ4v) is 4.24. The van der Waals surface area contributed by atoms with E-state index in [2.05, 4.69) is 43.1 Å². The number of benzene rings is 2. The SMILES string of the molecule is C=CCNC(=O)[C@@H](C)Oc1ccc2c(c1)[C@@H](c1cccc(C)c1)N(C(=O)C1CC1)CC2. The highest BCUT2D eigenvalue weighted by Crippen LogP contribution is 2.41. The second kappa shape index (κ2) is 8.96. The van der Waals surface area contributed by atoms with Crippen molar-refractivity contribution in [1.29, 1.82) is 0 Å². The van der Waals surface area contributed by atoms with Crippen LogP contribution in [0, 0.1) is 12.8 Å². The molecule has 0 aromatic heterocycles. The van der Waals surface area contributed by atoms with Gasteiger partial charge in [-0.25, -0.2) is 0 Å². The van der Waals surface area contributed by atoms with E-state index in [-0.39, 0.29) is 23.8 Å². The standard InChI is InChI=1S/C26H30N2O3/c1-4-13-27-25(29)18(3)31-22-11-10-19-12-14-28(26(30)20-8-9-20)24(23(19)16-22)21-7-5-6-17(2)15-21/h4-7,10-11,15-16,18,20,24H,1,8-9,12-14H2,2-3H3,(H,27,29)/t18-,24-/m1/s1. The van der Waals surface area contributed by atoms with Gasteiger partial charge in [0.2, 0.25) is 5.91 Å². The highest BCUT2D eigenvalue weighted by Gasteiger charge is 2.39. The van der Waals surface area contributed by atoms with E-state index in [1.54, 1.807) is 13.0 Å². The van der Waals surface area contributed by atoms with Gasteiger partial charge >= 0.3 is 0 Å². The number of carbonyl (C=O) groups excluding carboxylic acids is 2. The summed E-state index contributed by atoms with van der Waals surface area (Å²) in [6.07, 6.45) is 3.82. The van der Waals surface area contributed by atoms with Crippen molar-refractivity contribution >= 4 is 11.8 Å². The summed E-state index contributed by atoms with van der Waals surface area (Å²) in [6, 6.07) is 14.2. The van der Waals surface area contributed by atoms with Crippen LogP contribution in [0.4, 0.5) is 0 Å². The third-order valence-corrected chi connectivity index (χ3v) is 6.02. The highest BCUT2D eigenvalue weighted by molar-refractivity contribution is 5.82. The molecule has 1 saturated carbocycles. The second-order valence-corrected chi connectivity index (χ2v) is 8.53. The van der Waals surface area contributed by atoms with Crippen molar-refractivity contribution in [1.82, 2.24) is 10.2 Å². The zero-order chi connectivity index (χ0) is 22.0. The van der Waals surface area contributed by atoms with Crippen LogP contribution in [0.1, 0.15) is 48.1 Å². The molecule has 162 valence electrons. The molecule has 1 fully saturated rings. The van der Waals surface area contributed by atoms with Gasteiger partial charge < -0.3 is 15.0 Å². The molecule has 5 nitrogen and oxygen atoms in total. The number of amides is 2. The summed E-state index contributed by atoms with van der Waals surface area (Å²) in [6.45, 7) is 8.56. The summed E-state index contributed by atoms with van der Waals surface area (Å²) >= 11 is 0. The van der Waals surface area contributed by atoms with Crippen LogP contribution >= 0.6 is 0 Å². The molecule has 4 rings (SSSR count). The van der Waals surface area contributed by atoms with Gasteiger partial charge in [0.25, 0.3) is 5.91 Å². The van der Waals surface area contributed by atoms with Crippen molar-refractivity contribution < 1.29 is 14.3 Å². The Morgan fingerprint density at radius 1 is 1.26 bits per heavy atom. The Kier molecular flexibility index (Phi) is 6.12. The number of nitrogens with zero attached hydrogens (tertiary/aromatic N) is 1. The summed E-state index contributed by atoms with van der Waals surface area (Å²) in [7, 11) is 0. The van der Waals surface area contributed by atoms with Crippen molar-refractivity contribution in [2.24, 2.45) is 5.92 Å². The molecule has 1 N–H and O–H groups in total. The number of rotatable bonds is 7. The van der Waals surface area contributed by atoms with Crippen LogP contribution in [0.15, 0.2) is 55.1 Å². The molecule has 0 spiro atoms. The Morgan fingerprint density at radius 3 is 2.77 bits per heavy atom. The van der Waals surface area contributed by atoms with Crippen LogP contribution in [0.5, 0.6) is 5.75 Å². The minimum atomic E-state index is -0.622. The van der Waals surface area contributed by atoms with Gasteiger partial charge in [0.05, 0.1) is 6.04 Å². The predicted molar refractivity (Wildman–Crippen MR) is 121 cm³/mol. The molecular weight excluding hydrogens is 388 g/mol. The first-order valence-corrected chi connectivity index (χ1v) is 11.0. The molecule has 1 heterocycles. The fraction of sp³-hybridized carbons (Fsp3) is 0.385. The summed E-state index contributed by atoms with van der Waals surface area (Å²) in [4.78, 5) is 27.4. The van der Waals surface area contributed by atoms with Gasteiger partial charge in [0, 0.05) is 19.0 Å². The lowest BCUT2D eigenvalue weighted by molar-refractivity contribution is -0.134. The van der Waals surface area contributed by atoms with Gasteiger partial charge in [-0.05, 0) is 61.9 Å². The third kappa shape index (κ3) is 4.66. The van der Waals surface area contributed by atoms with Gasteiger partial charge in [-0.2, -0.15) is 0 Å². The van der Waals surface area contributed by atoms with E-state index in [9.17, 15) is 9.59 Å². The van der Waals surface area contributed by atoms with E-state index in [0.717, 1.165) is 36.9 Å². The van der Waals surface area contributed by atoms with E-state index in [1.165, 1.54) is 11.1 Å². The number of carbonyl (C=O) groups is 2. The fourth-order valence-electron chi connectivity index (χ4n) is 4.24. The number of ether oxygens (including phenoxy) is 1. The second-order valence-electron chi connectivity index (χ2n) is 8.53. The van der Waals surface area contributed by atoms with Crippen LogP contribution in [-0.4, -0.2) is 35.9 Å². The molecule has 1 aliphatic carbocycles. The highest BCUT2D eigenvalue weighted by atomic mass is 16.5. The van der Waals surface area contributed by atoms with Crippen molar-refractivity contribution in [3.05, 3.63) is 77.4 Å². The van der Waals surface area contributed by atoms with E-state index in [0.29, 0.717) is 12.3 Å². The molecule has 0 bridgehead atoms. The summed E-state index contributed by atoms with van der Waals surface area (Å²) in [5.41, 5.74) is 4.59. The summed E-state index contributed by atoms with van der Waals surface area (Å²) in [5.74, 6) is 0.874.